The van der Waals surface area contributed by atoms with E-state index in [1.54, 1.807) is 30.3 Å². The molecule has 0 aliphatic rings. The van der Waals surface area contributed by atoms with E-state index < -0.39 is 59.0 Å². The van der Waals surface area contributed by atoms with Gasteiger partial charge in [0.05, 0.1) is 39.7 Å². The van der Waals surface area contributed by atoms with Crippen LogP contribution in [0, 0.1) is 0 Å². The standard InChI is InChI=1S/C24H21N5O10S3/c25-22-19(28-26-16-4-2-1-3-5-16)11-6-15-14-20(41(33,34)35)23(24(30)21(15)22)29-27-17-7-9-18(10-8-17)40(31,32)13-12-39-42(36,37)38/h1-11,14,30H,12-13,25H2,(H,33,34,35)(H,36,37,38). The first-order chi connectivity index (χ1) is 19.7. The first-order valence-corrected chi connectivity index (χ1v) is 16.0. The summed E-state index contributed by atoms with van der Waals surface area (Å²) < 4.78 is 92.6. The van der Waals surface area contributed by atoms with Gasteiger partial charge in [0.1, 0.15) is 16.3 Å². The summed E-state index contributed by atoms with van der Waals surface area (Å²) >= 11 is 0. The fourth-order valence-corrected chi connectivity index (χ4v) is 5.78. The molecule has 0 amide bonds. The van der Waals surface area contributed by atoms with Crippen LogP contribution in [0.3, 0.4) is 0 Å². The van der Waals surface area contributed by atoms with Crippen molar-refractivity contribution in [1.82, 2.24) is 0 Å². The number of nitrogens with two attached hydrogens (primary N) is 1. The molecular weight excluding hydrogens is 614 g/mol. The van der Waals surface area contributed by atoms with E-state index in [4.69, 9.17) is 10.3 Å². The smallest absolute Gasteiger partial charge is 0.397 e. The zero-order chi connectivity index (χ0) is 30.7. The minimum absolute atomic E-state index is 0.0160. The highest BCUT2D eigenvalue weighted by Crippen LogP contribution is 2.46. The molecule has 18 heteroatoms. The van der Waals surface area contributed by atoms with Crippen LogP contribution in [0.2, 0.25) is 0 Å². The Bertz CT molecular complexity index is 2030. The van der Waals surface area contributed by atoms with E-state index in [2.05, 4.69) is 24.6 Å². The fourth-order valence-electron chi connectivity index (χ4n) is 3.64. The number of hydrogen-bond acceptors (Lipinski definition) is 13. The van der Waals surface area contributed by atoms with E-state index in [0.29, 0.717) is 5.69 Å². The molecule has 0 radical (unpaired) electrons. The molecule has 0 saturated carbocycles. The lowest BCUT2D eigenvalue weighted by molar-refractivity contribution is 0.284. The summed E-state index contributed by atoms with van der Waals surface area (Å²) in [5.74, 6) is -1.49. The van der Waals surface area contributed by atoms with Gasteiger partial charge in [0, 0.05) is 0 Å². The second-order valence-electron chi connectivity index (χ2n) is 8.44. The zero-order valence-corrected chi connectivity index (χ0v) is 23.6. The van der Waals surface area contributed by atoms with Crippen LogP contribution in [0.25, 0.3) is 10.8 Å². The number of nitrogens with zero attached hydrogens (tertiary/aromatic N) is 4. The lowest BCUT2D eigenvalue weighted by Crippen LogP contribution is -2.15. The second-order valence-corrected chi connectivity index (χ2v) is 13.0. The highest BCUT2D eigenvalue weighted by Gasteiger charge is 2.24. The number of azo groups is 2. The quantitative estimate of drug-likeness (QED) is 0.105. The summed E-state index contributed by atoms with van der Waals surface area (Å²) in [5.41, 5.74) is 6.22. The average Bonchev–Trinajstić information content (AvgIpc) is 2.91. The van der Waals surface area contributed by atoms with Crippen LogP contribution in [0.5, 0.6) is 5.75 Å². The van der Waals surface area contributed by atoms with Gasteiger partial charge >= 0.3 is 10.4 Å². The molecule has 5 N–H and O–H groups in total. The molecule has 4 aromatic carbocycles. The summed E-state index contributed by atoms with van der Waals surface area (Å²) in [4.78, 5) is -1.01. The predicted octanol–water partition coefficient (Wildman–Crippen LogP) is 4.80. The molecule has 15 nitrogen and oxygen atoms in total. The normalized spacial score (nSPS) is 12.9. The molecule has 4 rings (SSSR count). The van der Waals surface area contributed by atoms with Crippen molar-refractivity contribution in [3.63, 3.8) is 0 Å². The number of fused-ring (bicyclic) bond motifs is 1. The molecule has 0 unspecified atom stereocenters. The molecule has 0 aliphatic heterocycles. The van der Waals surface area contributed by atoms with E-state index in [1.165, 1.54) is 24.3 Å². The highest BCUT2D eigenvalue weighted by molar-refractivity contribution is 7.91. The topological polar surface area (TPSA) is 248 Å². The number of sulfone groups is 1. The number of aromatic hydroxyl groups is 1. The van der Waals surface area contributed by atoms with Crippen LogP contribution in [0.4, 0.5) is 28.4 Å². The van der Waals surface area contributed by atoms with Gasteiger partial charge in [-0.05, 0) is 53.9 Å². The Kier molecular flexibility index (Phi) is 8.66. The average molecular weight is 636 g/mol. The molecule has 0 spiro atoms. The van der Waals surface area contributed by atoms with Crippen LogP contribution in [-0.4, -0.2) is 51.8 Å². The summed E-state index contributed by atoms with van der Waals surface area (Å²) in [7, 11) is -13.7. The number of rotatable bonds is 10. The minimum atomic E-state index is -4.91. The van der Waals surface area contributed by atoms with Gasteiger partial charge in [0.15, 0.2) is 15.6 Å². The van der Waals surface area contributed by atoms with E-state index in [0.717, 1.165) is 18.2 Å². The SMILES string of the molecule is Nc1c(N=Nc2ccccc2)ccc2cc(S(=O)(=O)O)c(N=Nc3ccc(S(=O)(=O)CCOS(=O)(=O)O)cc3)c(O)c12. The van der Waals surface area contributed by atoms with E-state index in [1.807, 2.05) is 0 Å². The monoisotopic (exact) mass is 635 g/mol. The maximum atomic E-state index is 12.4. The number of phenolic OH excluding ortho intramolecular Hbond substituents is 1. The van der Waals surface area contributed by atoms with E-state index >= 15 is 0 Å². The Labute approximate surface area is 239 Å². The van der Waals surface area contributed by atoms with Gasteiger partial charge < -0.3 is 10.8 Å². The Hall–Kier alpha value is -4.33. The number of phenols is 1. The molecule has 0 saturated heterocycles. The second kappa shape index (κ2) is 11.9. The minimum Gasteiger partial charge on any atom is -0.505 e. The molecule has 4 aromatic rings. The van der Waals surface area contributed by atoms with Gasteiger partial charge in [-0.1, -0.05) is 24.3 Å². The fraction of sp³-hybridized carbons (Fsp3) is 0.0833. The van der Waals surface area contributed by atoms with Crippen molar-refractivity contribution in [3.8, 4) is 5.75 Å². The Morgan fingerprint density at radius 3 is 2.00 bits per heavy atom. The van der Waals surface area contributed by atoms with Gasteiger partial charge in [-0.2, -0.15) is 27.1 Å². The van der Waals surface area contributed by atoms with Crippen molar-refractivity contribution in [2.75, 3.05) is 18.1 Å². The predicted molar refractivity (Wildman–Crippen MR) is 151 cm³/mol. The van der Waals surface area contributed by atoms with Gasteiger partial charge in [-0.25, -0.2) is 12.6 Å². The number of hydrogen-bond donors (Lipinski definition) is 4. The van der Waals surface area contributed by atoms with Gasteiger partial charge in [0.25, 0.3) is 10.1 Å². The molecule has 0 aromatic heterocycles. The largest absolute Gasteiger partial charge is 0.505 e. The molecule has 0 heterocycles. The van der Waals surface area contributed by atoms with Crippen molar-refractivity contribution in [2.24, 2.45) is 20.5 Å². The highest BCUT2D eigenvalue weighted by atomic mass is 32.3. The van der Waals surface area contributed by atoms with Crippen molar-refractivity contribution in [2.45, 2.75) is 9.79 Å². The summed E-state index contributed by atoms with van der Waals surface area (Å²) in [5, 5.41) is 26.9. The number of nitrogen functional groups attached to an aromatic ring is 1. The maximum Gasteiger partial charge on any atom is 0.397 e. The van der Waals surface area contributed by atoms with Crippen molar-refractivity contribution >= 4 is 69.6 Å². The van der Waals surface area contributed by atoms with Crippen molar-refractivity contribution < 1.29 is 43.6 Å². The zero-order valence-electron chi connectivity index (χ0n) is 21.1. The number of benzene rings is 4. The third-order valence-corrected chi connectivity index (χ3v) is 8.61. The molecule has 0 bridgehead atoms. The van der Waals surface area contributed by atoms with Crippen molar-refractivity contribution in [3.05, 3.63) is 72.8 Å². The van der Waals surface area contributed by atoms with Crippen LogP contribution in [-0.2, 0) is 34.5 Å². The Morgan fingerprint density at radius 1 is 0.762 bits per heavy atom. The molecule has 0 aliphatic carbocycles. The van der Waals surface area contributed by atoms with E-state index in [9.17, 15) is 34.9 Å². The molecule has 0 atom stereocenters. The lowest BCUT2D eigenvalue weighted by atomic mass is 10.1. The maximum absolute atomic E-state index is 12.4. The van der Waals surface area contributed by atoms with Crippen LogP contribution in [0.1, 0.15) is 0 Å². The third kappa shape index (κ3) is 7.29. The van der Waals surface area contributed by atoms with Gasteiger partial charge in [0.2, 0.25) is 0 Å². The molecule has 220 valence electrons. The first kappa shape index (κ1) is 30.6. The lowest BCUT2D eigenvalue weighted by Gasteiger charge is -2.11. The van der Waals surface area contributed by atoms with Crippen molar-refractivity contribution in [1.29, 1.82) is 0 Å². The summed E-state index contributed by atoms with van der Waals surface area (Å²) in [6, 6.07) is 17.2. The third-order valence-electron chi connectivity index (χ3n) is 5.59. The van der Waals surface area contributed by atoms with Crippen LogP contribution in [0.15, 0.2) is 103 Å². The Morgan fingerprint density at radius 2 is 1.38 bits per heavy atom. The van der Waals surface area contributed by atoms with Gasteiger partial charge in [-0.3, -0.25) is 9.11 Å². The molecule has 0 fully saturated rings. The molecular formula is C24H21N5O10S3. The van der Waals surface area contributed by atoms with Crippen LogP contribution < -0.4 is 5.73 Å². The van der Waals surface area contributed by atoms with Gasteiger partial charge in [-0.15, -0.1) is 10.2 Å². The van der Waals surface area contributed by atoms with E-state index in [-0.39, 0.29) is 32.7 Å². The Balaban J connectivity index is 1.70. The molecule has 42 heavy (non-hydrogen) atoms. The number of anilines is 1. The first-order valence-electron chi connectivity index (χ1n) is 11.5. The van der Waals surface area contributed by atoms with Crippen LogP contribution >= 0.6 is 0 Å². The summed E-state index contributed by atoms with van der Waals surface area (Å²) in [6.07, 6.45) is 0. The summed E-state index contributed by atoms with van der Waals surface area (Å²) in [6.45, 7) is -0.819.